The first-order valence-electron chi connectivity index (χ1n) is 5.06. The average molecular weight is 221 g/mol. The van der Waals surface area contributed by atoms with Crippen molar-refractivity contribution in [1.29, 1.82) is 0 Å². The number of aromatic carboxylic acids is 1. The first-order chi connectivity index (χ1) is 7.53. The van der Waals surface area contributed by atoms with Crippen molar-refractivity contribution in [2.24, 2.45) is 7.05 Å². The molecular weight excluding hydrogens is 210 g/mol. The zero-order chi connectivity index (χ0) is 11.5. The lowest BCUT2D eigenvalue weighted by Crippen LogP contribution is -2.41. The van der Waals surface area contributed by atoms with Gasteiger partial charge in [0.15, 0.2) is 0 Å². The molecule has 1 aromatic heterocycles. The summed E-state index contributed by atoms with van der Waals surface area (Å²) in [5.74, 6) is -0.394. The van der Waals surface area contributed by atoms with Gasteiger partial charge < -0.3 is 20.3 Å². The quantitative estimate of drug-likeness (QED) is 0.649. The number of hydrogen-bond acceptors (Lipinski definition) is 3. The maximum Gasteiger partial charge on any atom is 0.352 e. The number of amides is 1. The predicted molar refractivity (Wildman–Crippen MR) is 56.6 cm³/mol. The molecule has 2 heterocycles. The largest absolute Gasteiger partial charge is 0.477 e. The van der Waals surface area contributed by atoms with Crippen LogP contribution in [-0.4, -0.2) is 27.1 Å². The minimum Gasteiger partial charge on any atom is -0.477 e. The van der Waals surface area contributed by atoms with E-state index in [4.69, 9.17) is 5.11 Å². The average Bonchev–Trinajstić information content (AvgIpc) is 2.92. The standard InChI is InChI=1S/C10H11N3O3/c1-13-6(8(14)15)4-5-7(13)12-10(2-3-10)9(16)11-5/h4,12H,2-3H2,1H3,(H,11,16)(H,14,15). The molecule has 3 N–H and O–H groups in total. The molecule has 0 unspecified atom stereocenters. The summed E-state index contributed by atoms with van der Waals surface area (Å²) in [6.07, 6.45) is 1.59. The highest BCUT2D eigenvalue weighted by molar-refractivity contribution is 6.08. The number of hydrogen-bond donors (Lipinski definition) is 3. The Morgan fingerprint density at radius 2 is 2.25 bits per heavy atom. The Morgan fingerprint density at radius 3 is 2.81 bits per heavy atom. The number of carbonyl (C=O) groups is 2. The van der Waals surface area contributed by atoms with Crippen molar-refractivity contribution in [3.8, 4) is 0 Å². The van der Waals surface area contributed by atoms with Gasteiger partial charge in [-0.05, 0) is 18.9 Å². The summed E-state index contributed by atoms with van der Waals surface area (Å²) in [5, 5.41) is 14.8. The molecule has 6 nitrogen and oxygen atoms in total. The predicted octanol–water partition coefficient (Wildman–Crippen LogP) is 0.620. The smallest absolute Gasteiger partial charge is 0.352 e. The lowest BCUT2D eigenvalue weighted by atomic mass is 10.2. The van der Waals surface area contributed by atoms with Gasteiger partial charge in [0.05, 0.1) is 5.69 Å². The number of carbonyl (C=O) groups excluding carboxylic acids is 1. The van der Waals surface area contributed by atoms with Crippen LogP contribution in [0.2, 0.25) is 0 Å². The van der Waals surface area contributed by atoms with Crippen LogP contribution in [0.5, 0.6) is 0 Å². The van der Waals surface area contributed by atoms with E-state index in [1.165, 1.54) is 6.07 Å². The van der Waals surface area contributed by atoms with Crippen LogP contribution in [0.25, 0.3) is 0 Å². The summed E-state index contributed by atoms with van der Waals surface area (Å²) < 4.78 is 1.55. The van der Waals surface area contributed by atoms with Gasteiger partial charge in [0.25, 0.3) is 0 Å². The number of carboxylic acids is 1. The van der Waals surface area contributed by atoms with E-state index in [1.54, 1.807) is 11.6 Å². The van der Waals surface area contributed by atoms with Crippen molar-refractivity contribution in [2.75, 3.05) is 10.6 Å². The van der Waals surface area contributed by atoms with Crippen molar-refractivity contribution in [3.05, 3.63) is 11.8 Å². The zero-order valence-corrected chi connectivity index (χ0v) is 8.70. The van der Waals surface area contributed by atoms with Crippen LogP contribution in [0.1, 0.15) is 23.3 Å². The second kappa shape index (κ2) is 2.58. The Bertz CT molecular complexity index is 514. The number of rotatable bonds is 1. The Morgan fingerprint density at radius 1 is 1.56 bits per heavy atom. The molecule has 1 aliphatic heterocycles. The van der Waals surface area contributed by atoms with Crippen LogP contribution in [0.15, 0.2) is 6.07 Å². The maximum atomic E-state index is 11.7. The van der Waals surface area contributed by atoms with Gasteiger partial charge in [-0.1, -0.05) is 0 Å². The molecule has 0 bridgehead atoms. The van der Waals surface area contributed by atoms with Crippen molar-refractivity contribution >= 4 is 23.4 Å². The number of fused-ring (bicyclic) bond motifs is 1. The Balaban J connectivity index is 2.10. The first kappa shape index (κ1) is 9.26. The van der Waals surface area contributed by atoms with Gasteiger partial charge in [0, 0.05) is 7.05 Å². The van der Waals surface area contributed by atoms with E-state index in [1.807, 2.05) is 0 Å². The SMILES string of the molecule is Cn1c(C(=O)O)cc2c1NC1(CC1)C(=O)N2. The molecule has 84 valence electrons. The molecule has 0 radical (unpaired) electrons. The normalized spacial score (nSPS) is 19.9. The third-order valence-electron chi connectivity index (χ3n) is 3.24. The molecule has 1 saturated carbocycles. The number of nitrogens with zero attached hydrogens (tertiary/aromatic N) is 1. The van der Waals surface area contributed by atoms with E-state index < -0.39 is 11.5 Å². The van der Waals surface area contributed by atoms with Gasteiger partial charge >= 0.3 is 5.97 Å². The van der Waals surface area contributed by atoms with E-state index in [2.05, 4.69) is 10.6 Å². The molecule has 0 aromatic carbocycles. The highest BCUT2D eigenvalue weighted by Crippen LogP contribution is 2.45. The molecule has 1 aromatic rings. The zero-order valence-electron chi connectivity index (χ0n) is 8.70. The molecule has 1 amide bonds. The van der Waals surface area contributed by atoms with Gasteiger partial charge in [-0.2, -0.15) is 0 Å². The monoisotopic (exact) mass is 221 g/mol. The van der Waals surface area contributed by atoms with Crippen LogP contribution >= 0.6 is 0 Å². The number of anilines is 2. The van der Waals surface area contributed by atoms with Gasteiger partial charge in [-0.3, -0.25) is 4.79 Å². The summed E-state index contributed by atoms with van der Waals surface area (Å²) >= 11 is 0. The summed E-state index contributed by atoms with van der Waals surface area (Å²) in [7, 11) is 1.67. The molecule has 1 fully saturated rings. The second-order valence-electron chi connectivity index (χ2n) is 4.32. The molecule has 3 rings (SSSR count). The van der Waals surface area contributed by atoms with Gasteiger partial charge in [-0.15, -0.1) is 0 Å². The van der Waals surface area contributed by atoms with E-state index >= 15 is 0 Å². The number of carboxylic acid groups (broad SMARTS) is 1. The molecule has 1 spiro atoms. The Labute approximate surface area is 91.2 Å². The molecule has 0 atom stereocenters. The van der Waals surface area contributed by atoms with Gasteiger partial charge in [0.2, 0.25) is 5.91 Å². The second-order valence-corrected chi connectivity index (χ2v) is 4.32. The van der Waals surface area contributed by atoms with E-state index in [9.17, 15) is 9.59 Å². The van der Waals surface area contributed by atoms with Gasteiger partial charge in [-0.25, -0.2) is 4.79 Å². The summed E-state index contributed by atoms with van der Waals surface area (Å²) in [6.45, 7) is 0. The fourth-order valence-corrected chi connectivity index (χ4v) is 2.06. The molecule has 0 saturated heterocycles. The van der Waals surface area contributed by atoms with E-state index in [0.29, 0.717) is 11.5 Å². The topological polar surface area (TPSA) is 83.4 Å². The lowest BCUT2D eigenvalue weighted by molar-refractivity contribution is -0.117. The molecular formula is C10H11N3O3. The molecule has 16 heavy (non-hydrogen) atoms. The number of aromatic nitrogens is 1. The van der Waals surface area contributed by atoms with Crippen LogP contribution in [-0.2, 0) is 11.8 Å². The fourth-order valence-electron chi connectivity index (χ4n) is 2.06. The van der Waals surface area contributed by atoms with Gasteiger partial charge in [0.1, 0.15) is 17.1 Å². The van der Waals surface area contributed by atoms with Crippen LogP contribution in [0.3, 0.4) is 0 Å². The van der Waals surface area contributed by atoms with E-state index in [-0.39, 0.29) is 11.6 Å². The third-order valence-corrected chi connectivity index (χ3v) is 3.24. The summed E-state index contributed by atoms with van der Waals surface area (Å²) in [6, 6.07) is 1.47. The van der Waals surface area contributed by atoms with Crippen LogP contribution in [0.4, 0.5) is 11.5 Å². The van der Waals surface area contributed by atoms with Crippen LogP contribution < -0.4 is 10.6 Å². The van der Waals surface area contributed by atoms with Crippen molar-refractivity contribution in [2.45, 2.75) is 18.4 Å². The Kier molecular flexibility index (Phi) is 1.49. The number of nitrogens with one attached hydrogen (secondary N) is 2. The summed E-state index contributed by atoms with van der Waals surface area (Å²) in [4.78, 5) is 22.6. The highest BCUT2D eigenvalue weighted by atomic mass is 16.4. The molecule has 6 heteroatoms. The highest BCUT2D eigenvalue weighted by Gasteiger charge is 2.53. The maximum absolute atomic E-state index is 11.7. The molecule has 1 aliphatic carbocycles. The van der Waals surface area contributed by atoms with Crippen LogP contribution in [0, 0.1) is 0 Å². The van der Waals surface area contributed by atoms with Crippen molar-refractivity contribution in [1.82, 2.24) is 4.57 Å². The van der Waals surface area contributed by atoms with Crippen molar-refractivity contribution < 1.29 is 14.7 Å². The van der Waals surface area contributed by atoms with E-state index in [0.717, 1.165) is 12.8 Å². The third kappa shape index (κ3) is 1.01. The first-order valence-corrected chi connectivity index (χ1v) is 5.06. The fraction of sp³-hybridized carbons (Fsp3) is 0.400. The minimum absolute atomic E-state index is 0.0671. The lowest BCUT2D eigenvalue weighted by Gasteiger charge is -2.25. The summed E-state index contributed by atoms with van der Waals surface area (Å²) in [5.41, 5.74) is 0.215. The minimum atomic E-state index is -1.00. The Hall–Kier alpha value is -1.98. The van der Waals surface area contributed by atoms with Crippen molar-refractivity contribution in [3.63, 3.8) is 0 Å². The molecule has 2 aliphatic rings.